The van der Waals surface area contributed by atoms with Crippen molar-refractivity contribution in [3.8, 4) is 5.75 Å². The summed E-state index contributed by atoms with van der Waals surface area (Å²) in [5.41, 5.74) is 2.20. The van der Waals surface area contributed by atoms with Gasteiger partial charge in [-0.05, 0) is 56.4 Å². The van der Waals surface area contributed by atoms with Crippen LogP contribution in [0, 0.1) is 12.7 Å². The van der Waals surface area contributed by atoms with Crippen LogP contribution in [0.15, 0.2) is 42.5 Å². The third kappa shape index (κ3) is 3.12. The van der Waals surface area contributed by atoms with Gasteiger partial charge in [0, 0.05) is 24.2 Å². The van der Waals surface area contributed by atoms with Crippen molar-refractivity contribution in [3.63, 3.8) is 0 Å². The molecule has 2 aliphatic rings. The van der Waals surface area contributed by atoms with Crippen LogP contribution in [0.25, 0.3) is 0 Å². The number of ether oxygens (including phenoxy) is 1. The molecule has 0 radical (unpaired) electrons. The van der Waals surface area contributed by atoms with E-state index in [1.165, 1.54) is 23.3 Å². The second-order valence-corrected chi connectivity index (χ2v) is 7.82. The van der Waals surface area contributed by atoms with Gasteiger partial charge in [-0.1, -0.05) is 29.8 Å². The molecule has 2 bridgehead atoms. The number of hydrogen-bond donors (Lipinski definition) is 1. The maximum atomic E-state index is 13.7. The number of rotatable bonds is 4. The molecule has 2 aliphatic heterocycles. The van der Waals surface area contributed by atoms with Gasteiger partial charge in [-0.3, -0.25) is 4.90 Å². The van der Waals surface area contributed by atoms with Crippen molar-refractivity contribution in [1.82, 2.24) is 4.90 Å². The van der Waals surface area contributed by atoms with Gasteiger partial charge in [0.2, 0.25) is 0 Å². The predicted molar refractivity (Wildman–Crippen MR) is 99.6 cm³/mol. The van der Waals surface area contributed by atoms with Crippen molar-refractivity contribution in [2.45, 2.75) is 56.8 Å². The van der Waals surface area contributed by atoms with Gasteiger partial charge in [0.15, 0.2) is 0 Å². The van der Waals surface area contributed by atoms with Crippen molar-refractivity contribution in [3.05, 3.63) is 65.0 Å². The lowest BCUT2D eigenvalue weighted by molar-refractivity contribution is -0.0597. The Morgan fingerprint density at radius 3 is 2.54 bits per heavy atom. The quantitative estimate of drug-likeness (QED) is 0.894. The van der Waals surface area contributed by atoms with Gasteiger partial charge in [-0.25, -0.2) is 4.39 Å². The normalized spacial score (nSPS) is 28.3. The lowest BCUT2D eigenvalue weighted by Gasteiger charge is -2.44. The molecule has 0 amide bonds. The summed E-state index contributed by atoms with van der Waals surface area (Å²) in [6, 6.07) is 13.4. The Morgan fingerprint density at radius 1 is 1.15 bits per heavy atom. The fourth-order valence-electron chi connectivity index (χ4n) is 4.82. The smallest absolute Gasteiger partial charge is 0.123 e. The van der Waals surface area contributed by atoms with Gasteiger partial charge in [0.25, 0.3) is 0 Å². The molecule has 2 aromatic rings. The number of nitrogens with zero attached hydrogens (tertiary/aromatic N) is 1. The lowest BCUT2D eigenvalue weighted by Crippen LogP contribution is -2.49. The summed E-state index contributed by atoms with van der Waals surface area (Å²) in [7, 11) is 1.71. The van der Waals surface area contributed by atoms with E-state index in [0.717, 1.165) is 25.1 Å². The monoisotopic (exact) mass is 355 g/mol. The maximum absolute atomic E-state index is 13.7. The summed E-state index contributed by atoms with van der Waals surface area (Å²) in [6.07, 6.45) is 3.47. The first-order valence-electron chi connectivity index (χ1n) is 9.36. The molecule has 0 saturated carbocycles. The molecule has 0 aromatic heterocycles. The SMILES string of the molecule is COc1ccc(C)cc1CN1[C@H]2CC[C@H]1CC(O)(c1cccc(F)c1)C2. The number of fused-ring (bicyclic) bond motifs is 2. The Kier molecular flexibility index (Phi) is 4.49. The van der Waals surface area contributed by atoms with Crippen LogP contribution in [0.5, 0.6) is 5.75 Å². The zero-order valence-electron chi connectivity index (χ0n) is 15.4. The number of benzene rings is 2. The van der Waals surface area contributed by atoms with Crippen molar-refractivity contribution >= 4 is 0 Å². The molecule has 2 aromatic carbocycles. The standard InChI is InChI=1S/C22H26FNO2/c1-15-6-9-21(26-2)16(10-15)14-24-19-7-8-20(24)13-22(25,12-19)17-4-3-5-18(23)11-17/h3-6,9-11,19-20,25H,7-8,12-14H2,1-2H3/t19-,20-/m0/s1. The van der Waals surface area contributed by atoms with Gasteiger partial charge < -0.3 is 9.84 Å². The molecule has 0 spiro atoms. The molecule has 2 heterocycles. The highest BCUT2D eigenvalue weighted by Gasteiger charge is 2.48. The average Bonchev–Trinajstić information content (AvgIpc) is 2.86. The molecule has 4 heteroatoms. The van der Waals surface area contributed by atoms with E-state index in [1.807, 2.05) is 12.1 Å². The summed E-state index contributed by atoms with van der Waals surface area (Å²) in [4.78, 5) is 2.51. The minimum Gasteiger partial charge on any atom is -0.496 e. The van der Waals surface area contributed by atoms with Crippen LogP contribution in [0.2, 0.25) is 0 Å². The molecule has 4 rings (SSSR count). The van der Waals surface area contributed by atoms with Crippen molar-refractivity contribution in [1.29, 1.82) is 0 Å². The molecule has 138 valence electrons. The summed E-state index contributed by atoms with van der Waals surface area (Å²) < 4.78 is 19.2. The zero-order chi connectivity index (χ0) is 18.3. The largest absolute Gasteiger partial charge is 0.496 e. The number of aryl methyl sites for hydroxylation is 1. The minimum absolute atomic E-state index is 0.282. The van der Waals surface area contributed by atoms with Crippen LogP contribution in [-0.2, 0) is 12.1 Å². The number of methoxy groups -OCH3 is 1. The van der Waals surface area contributed by atoms with Gasteiger partial charge in [0.05, 0.1) is 12.7 Å². The van der Waals surface area contributed by atoms with Gasteiger partial charge in [-0.15, -0.1) is 0 Å². The number of aliphatic hydroxyl groups is 1. The first-order valence-corrected chi connectivity index (χ1v) is 9.36. The van der Waals surface area contributed by atoms with Gasteiger partial charge in [-0.2, -0.15) is 0 Å². The molecule has 2 saturated heterocycles. The fourth-order valence-corrected chi connectivity index (χ4v) is 4.82. The van der Waals surface area contributed by atoms with Gasteiger partial charge >= 0.3 is 0 Å². The maximum Gasteiger partial charge on any atom is 0.123 e. The molecule has 2 atom stereocenters. The molecule has 0 aliphatic carbocycles. The van der Waals surface area contributed by atoms with E-state index in [1.54, 1.807) is 13.2 Å². The number of halogens is 1. The van der Waals surface area contributed by atoms with Crippen LogP contribution < -0.4 is 4.74 Å². The lowest BCUT2D eigenvalue weighted by atomic mass is 9.80. The van der Waals surface area contributed by atoms with E-state index in [4.69, 9.17) is 4.74 Å². The fraction of sp³-hybridized carbons (Fsp3) is 0.455. The third-order valence-electron chi connectivity index (χ3n) is 6.07. The average molecular weight is 355 g/mol. The molecular formula is C22H26FNO2. The van der Waals surface area contributed by atoms with E-state index in [9.17, 15) is 9.50 Å². The highest BCUT2D eigenvalue weighted by molar-refractivity contribution is 5.37. The highest BCUT2D eigenvalue weighted by atomic mass is 19.1. The van der Waals surface area contributed by atoms with Crippen LogP contribution in [0.1, 0.15) is 42.4 Å². The second kappa shape index (κ2) is 6.67. The summed E-state index contributed by atoms with van der Waals surface area (Å²) in [6.45, 7) is 2.93. The molecule has 3 nitrogen and oxygen atoms in total. The van der Waals surface area contributed by atoms with E-state index >= 15 is 0 Å². The Morgan fingerprint density at radius 2 is 1.88 bits per heavy atom. The molecule has 2 fully saturated rings. The van der Waals surface area contributed by atoms with Crippen LogP contribution in [0.3, 0.4) is 0 Å². The predicted octanol–water partition coefficient (Wildman–Crippen LogP) is 4.16. The number of piperidine rings is 1. The van der Waals surface area contributed by atoms with E-state index < -0.39 is 5.60 Å². The third-order valence-corrected chi connectivity index (χ3v) is 6.07. The topological polar surface area (TPSA) is 32.7 Å². The molecule has 1 N–H and O–H groups in total. The van der Waals surface area contributed by atoms with E-state index in [-0.39, 0.29) is 5.82 Å². The first kappa shape index (κ1) is 17.5. The molecule has 26 heavy (non-hydrogen) atoms. The number of hydrogen-bond acceptors (Lipinski definition) is 3. The Labute approximate surface area is 154 Å². The van der Waals surface area contributed by atoms with Gasteiger partial charge in [0.1, 0.15) is 11.6 Å². The van der Waals surface area contributed by atoms with E-state index in [0.29, 0.717) is 30.5 Å². The minimum atomic E-state index is -0.929. The zero-order valence-corrected chi connectivity index (χ0v) is 15.4. The van der Waals surface area contributed by atoms with Crippen LogP contribution >= 0.6 is 0 Å². The van der Waals surface area contributed by atoms with E-state index in [2.05, 4.69) is 24.0 Å². The van der Waals surface area contributed by atoms with Crippen LogP contribution in [-0.4, -0.2) is 29.2 Å². The molecular weight excluding hydrogens is 329 g/mol. The Bertz CT molecular complexity index is 792. The second-order valence-electron chi connectivity index (χ2n) is 7.82. The first-order chi connectivity index (χ1) is 12.5. The Hall–Kier alpha value is -1.91. The Balaban J connectivity index is 1.57. The highest BCUT2D eigenvalue weighted by Crippen LogP contribution is 2.46. The van der Waals surface area contributed by atoms with Crippen molar-refractivity contribution in [2.75, 3.05) is 7.11 Å². The van der Waals surface area contributed by atoms with Crippen molar-refractivity contribution < 1.29 is 14.2 Å². The summed E-state index contributed by atoms with van der Waals surface area (Å²) in [5, 5.41) is 11.3. The summed E-state index contributed by atoms with van der Waals surface area (Å²) in [5.74, 6) is 0.635. The molecule has 0 unspecified atom stereocenters. The summed E-state index contributed by atoms with van der Waals surface area (Å²) >= 11 is 0. The van der Waals surface area contributed by atoms with Crippen LogP contribution in [0.4, 0.5) is 4.39 Å². The van der Waals surface area contributed by atoms with Crippen molar-refractivity contribution in [2.24, 2.45) is 0 Å².